The van der Waals surface area contributed by atoms with E-state index < -0.39 is 21.4 Å². The second-order valence-corrected chi connectivity index (χ2v) is 17.9. The van der Waals surface area contributed by atoms with Crippen LogP contribution in [0.5, 0.6) is 0 Å². The van der Waals surface area contributed by atoms with Gasteiger partial charge in [0.1, 0.15) is 0 Å². The molecule has 0 saturated heterocycles. The Bertz CT molecular complexity index is 1280. The Kier molecular flexibility index (Phi) is 5.37. The van der Waals surface area contributed by atoms with Crippen LogP contribution in [0.3, 0.4) is 0 Å². The Balaban J connectivity index is 1.57. The van der Waals surface area contributed by atoms with Crippen molar-refractivity contribution in [3.63, 3.8) is 0 Å². The minimum atomic E-state index is -2.60. The summed E-state index contributed by atoms with van der Waals surface area (Å²) in [6.45, 7) is 0. The molecule has 0 radical (unpaired) electrons. The number of benzene rings is 4. The first-order valence-corrected chi connectivity index (χ1v) is 17.1. The van der Waals surface area contributed by atoms with Crippen LogP contribution in [-0.4, -0.2) is 0 Å². The van der Waals surface area contributed by atoms with Crippen LogP contribution in [-0.2, 0) is 27.9 Å². The van der Waals surface area contributed by atoms with Gasteiger partial charge in [0.25, 0.3) is 0 Å². The maximum atomic E-state index is 2.48. The average molecular weight is 576 g/mol. The predicted octanol–water partition coefficient (Wildman–Crippen LogP) is 7.13. The molecule has 2 aliphatic rings. The number of allylic oxidation sites excluding steroid dienone is 4. The molecule has 153 valence electrons. The normalized spacial score (nSPS) is 13.7. The summed E-state index contributed by atoms with van der Waals surface area (Å²) in [6.07, 6.45) is 9.28. The van der Waals surface area contributed by atoms with E-state index in [1.807, 2.05) is 0 Å². The van der Waals surface area contributed by atoms with E-state index in [-0.39, 0.29) is 0 Å². The molecule has 0 saturated carbocycles. The SMILES string of the molecule is C1=CC[C]([Hf]([c]2cccc3c2Cc2ccccc2-3)[CH](c2ccccc2)c2ccccc2)=C1. The first-order valence-electron chi connectivity index (χ1n) is 11.4. The zero-order chi connectivity index (χ0) is 21.3. The van der Waals surface area contributed by atoms with E-state index in [1.165, 1.54) is 27.8 Å². The van der Waals surface area contributed by atoms with Crippen LogP contribution in [0.4, 0.5) is 0 Å². The van der Waals surface area contributed by atoms with Crippen molar-refractivity contribution in [2.24, 2.45) is 0 Å². The van der Waals surface area contributed by atoms with Crippen molar-refractivity contribution >= 4 is 3.32 Å². The Morgan fingerprint density at radius 1 is 0.625 bits per heavy atom. The third kappa shape index (κ3) is 3.49. The Morgan fingerprint density at radius 2 is 1.28 bits per heavy atom. The van der Waals surface area contributed by atoms with Crippen molar-refractivity contribution in [2.45, 2.75) is 16.5 Å². The molecule has 0 heterocycles. The van der Waals surface area contributed by atoms with Gasteiger partial charge in [0.2, 0.25) is 0 Å². The summed E-state index contributed by atoms with van der Waals surface area (Å²) >= 11 is -2.60. The van der Waals surface area contributed by atoms with Gasteiger partial charge in [-0.25, -0.2) is 0 Å². The summed E-state index contributed by atoms with van der Waals surface area (Å²) in [5.74, 6) is 0. The predicted molar refractivity (Wildman–Crippen MR) is 131 cm³/mol. The molecule has 0 aromatic heterocycles. The zero-order valence-corrected chi connectivity index (χ0v) is 21.6. The van der Waals surface area contributed by atoms with Gasteiger partial charge in [-0.15, -0.1) is 0 Å². The van der Waals surface area contributed by atoms with Gasteiger partial charge < -0.3 is 0 Å². The third-order valence-electron chi connectivity index (χ3n) is 6.81. The standard InChI is InChI=1S/C13H9.C13H11.C5H5.Hf/c1-3-7-12-10(5-1)9-11-6-2-4-8-13(11)12;1-3-7-12(8-4-1)11-13-9-5-2-6-10-13;1-2-4-5-3-1;/h1-5,7-8H,9H2;1-11H;1-3H,4H2;. The average Bonchev–Trinajstić information content (AvgIpc) is 3.52. The minimum absolute atomic E-state index is 0.490. The van der Waals surface area contributed by atoms with Gasteiger partial charge in [-0.1, -0.05) is 0 Å². The molecule has 2 aliphatic carbocycles. The number of hydrogen-bond donors (Lipinski definition) is 0. The van der Waals surface area contributed by atoms with Crippen molar-refractivity contribution in [2.75, 3.05) is 0 Å². The van der Waals surface area contributed by atoms with Gasteiger partial charge in [-0.2, -0.15) is 0 Å². The van der Waals surface area contributed by atoms with E-state index in [1.54, 1.807) is 12.2 Å². The molecule has 32 heavy (non-hydrogen) atoms. The van der Waals surface area contributed by atoms with Crippen LogP contribution in [0.15, 0.2) is 125 Å². The van der Waals surface area contributed by atoms with Crippen LogP contribution in [0.1, 0.15) is 32.3 Å². The van der Waals surface area contributed by atoms with Crippen molar-refractivity contribution < 1.29 is 21.4 Å². The molecule has 0 N–H and O–H groups in total. The van der Waals surface area contributed by atoms with Gasteiger partial charge >= 0.3 is 199 Å². The molecular formula is C31H25Hf. The van der Waals surface area contributed by atoms with E-state index >= 15 is 0 Å². The molecule has 0 atom stereocenters. The van der Waals surface area contributed by atoms with E-state index in [2.05, 4.69) is 121 Å². The van der Waals surface area contributed by atoms with Gasteiger partial charge in [0, 0.05) is 0 Å². The maximum absolute atomic E-state index is 2.60. The fourth-order valence-electron chi connectivity index (χ4n) is 5.39. The topological polar surface area (TPSA) is 0 Å². The fourth-order valence-corrected chi connectivity index (χ4v) is 18.0. The first kappa shape index (κ1) is 19.9. The number of hydrogen-bond acceptors (Lipinski definition) is 0. The van der Waals surface area contributed by atoms with Crippen molar-refractivity contribution in [1.29, 1.82) is 0 Å². The zero-order valence-electron chi connectivity index (χ0n) is 18.0. The molecule has 4 aromatic carbocycles. The van der Waals surface area contributed by atoms with E-state index in [0.717, 1.165) is 12.8 Å². The first-order chi connectivity index (χ1) is 15.9. The van der Waals surface area contributed by atoms with Crippen molar-refractivity contribution in [3.8, 4) is 11.1 Å². The third-order valence-corrected chi connectivity index (χ3v) is 18.9. The van der Waals surface area contributed by atoms with Crippen molar-refractivity contribution in [1.82, 2.24) is 0 Å². The molecule has 6 rings (SSSR count). The summed E-state index contributed by atoms with van der Waals surface area (Å²) in [4.78, 5) is 0. The Labute approximate surface area is 198 Å². The Hall–Kier alpha value is -2.77. The molecule has 0 aliphatic heterocycles. The van der Waals surface area contributed by atoms with Gasteiger partial charge in [-0.05, 0) is 0 Å². The molecular weight excluding hydrogens is 551 g/mol. The molecule has 0 spiro atoms. The fraction of sp³-hybridized carbons (Fsp3) is 0.0968. The quantitative estimate of drug-likeness (QED) is 0.196. The molecule has 0 fully saturated rings. The van der Waals surface area contributed by atoms with Gasteiger partial charge in [0.15, 0.2) is 0 Å². The summed E-state index contributed by atoms with van der Waals surface area (Å²) in [7, 11) is 0. The summed E-state index contributed by atoms with van der Waals surface area (Å²) in [5, 5.41) is 0. The number of fused-ring (bicyclic) bond motifs is 3. The second-order valence-electron chi connectivity index (χ2n) is 8.66. The molecule has 0 unspecified atom stereocenters. The van der Waals surface area contributed by atoms with Crippen LogP contribution in [0.2, 0.25) is 0 Å². The van der Waals surface area contributed by atoms with Gasteiger partial charge in [-0.3, -0.25) is 0 Å². The monoisotopic (exact) mass is 577 g/mol. The number of rotatable bonds is 5. The van der Waals surface area contributed by atoms with Crippen LogP contribution >= 0.6 is 0 Å². The molecule has 1 heteroatoms. The van der Waals surface area contributed by atoms with E-state index in [9.17, 15) is 0 Å². The molecule has 4 aromatic rings. The van der Waals surface area contributed by atoms with Crippen LogP contribution in [0.25, 0.3) is 11.1 Å². The summed E-state index contributed by atoms with van der Waals surface area (Å²) < 4.78 is 3.90. The molecule has 0 bridgehead atoms. The van der Waals surface area contributed by atoms with Crippen molar-refractivity contribution in [3.05, 3.63) is 147 Å². The Morgan fingerprint density at radius 3 is 1.97 bits per heavy atom. The second kappa shape index (κ2) is 8.64. The van der Waals surface area contributed by atoms with Crippen LogP contribution < -0.4 is 3.32 Å². The van der Waals surface area contributed by atoms with E-state index in [4.69, 9.17) is 0 Å². The van der Waals surface area contributed by atoms with Crippen LogP contribution in [0, 0.1) is 0 Å². The summed E-state index contributed by atoms with van der Waals surface area (Å²) in [5.41, 5.74) is 8.93. The molecule has 0 amide bonds. The van der Waals surface area contributed by atoms with Gasteiger partial charge in [0.05, 0.1) is 0 Å². The molecule has 0 nitrogen and oxygen atoms in total. The van der Waals surface area contributed by atoms with E-state index in [0.29, 0.717) is 3.67 Å². The summed E-state index contributed by atoms with van der Waals surface area (Å²) in [6, 6.07) is 38.6.